The first-order valence-corrected chi connectivity index (χ1v) is 11.7. The molecule has 0 saturated heterocycles. The van der Waals surface area contributed by atoms with Crippen LogP contribution in [0.2, 0.25) is 0 Å². The second-order valence-electron chi connectivity index (χ2n) is 5.38. The van der Waals surface area contributed by atoms with E-state index >= 15 is 0 Å². The van der Waals surface area contributed by atoms with Crippen LogP contribution in [0.5, 0.6) is 0 Å². The Hall–Kier alpha value is -0.330. The van der Waals surface area contributed by atoms with Gasteiger partial charge < -0.3 is 4.74 Å². The second kappa shape index (κ2) is 9.74. The third-order valence-corrected chi connectivity index (χ3v) is 8.24. The number of carbonyl (C=O) groups is 1. The van der Waals surface area contributed by atoms with Crippen LogP contribution in [-0.4, -0.2) is 5.97 Å². The molecule has 0 saturated carbocycles. The maximum atomic E-state index is 12.4. The van der Waals surface area contributed by atoms with E-state index in [0.717, 1.165) is 14.0 Å². The molecule has 0 unspecified atom stereocenters. The van der Waals surface area contributed by atoms with E-state index in [1.54, 1.807) is 11.8 Å². The summed E-state index contributed by atoms with van der Waals surface area (Å²) in [5.74, 6) is -0.293. The normalized spacial score (nSPS) is 10.6. The van der Waals surface area contributed by atoms with Crippen molar-refractivity contribution in [3.63, 3.8) is 0 Å². The zero-order valence-corrected chi connectivity index (χ0v) is 20.7. The molecular formula is C20H13I3O2S. The SMILES string of the molecule is O=C(OCc1ccccc1)c1ccc(Sc2ccc(I)c(I)c2)cc1I. The Kier molecular flexibility index (Phi) is 7.64. The first-order valence-electron chi connectivity index (χ1n) is 7.66. The van der Waals surface area contributed by atoms with Crippen molar-refractivity contribution in [3.8, 4) is 0 Å². The van der Waals surface area contributed by atoms with E-state index in [0.29, 0.717) is 5.56 Å². The number of hydrogen-bond acceptors (Lipinski definition) is 3. The van der Waals surface area contributed by atoms with Crippen LogP contribution < -0.4 is 0 Å². The first kappa shape index (κ1) is 20.4. The molecule has 132 valence electrons. The van der Waals surface area contributed by atoms with E-state index in [1.165, 1.54) is 12.0 Å². The molecule has 3 aromatic rings. The van der Waals surface area contributed by atoms with E-state index < -0.39 is 0 Å². The Morgan fingerprint density at radius 1 is 0.808 bits per heavy atom. The minimum atomic E-state index is -0.293. The summed E-state index contributed by atoms with van der Waals surface area (Å²) in [5.41, 5.74) is 1.58. The highest BCUT2D eigenvalue weighted by molar-refractivity contribution is 14.1. The van der Waals surface area contributed by atoms with E-state index in [4.69, 9.17) is 4.74 Å². The molecule has 3 rings (SSSR count). The fourth-order valence-corrected chi connectivity index (χ4v) is 5.11. The molecule has 0 aliphatic rings. The van der Waals surface area contributed by atoms with Crippen molar-refractivity contribution in [3.05, 3.63) is 88.6 Å². The summed E-state index contributed by atoms with van der Waals surface area (Å²) in [4.78, 5) is 14.6. The summed E-state index contributed by atoms with van der Waals surface area (Å²) in [6, 6.07) is 21.9. The van der Waals surface area contributed by atoms with Gasteiger partial charge in [0.15, 0.2) is 0 Å². The van der Waals surface area contributed by atoms with Crippen molar-refractivity contribution in [1.29, 1.82) is 0 Å². The van der Waals surface area contributed by atoms with Crippen molar-refractivity contribution < 1.29 is 9.53 Å². The number of ether oxygens (including phenoxy) is 1. The molecule has 0 radical (unpaired) electrons. The van der Waals surface area contributed by atoms with Crippen LogP contribution in [0.4, 0.5) is 0 Å². The van der Waals surface area contributed by atoms with E-state index in [2.05, 4.69) is 86.0 Å². The lowest BCUT2D eigenvalue weighted by molar-refractivity contribution is 0.0471. The molecule has 0 spiro atoms. The lowest BCUT2D eigenvalue weighted by Crippen LogP contribution is -2.07. The summed E-state index contributed by atoms with van der Waals surface area (Å²) in [7, 11) is 0. The molecule has 0 atom stereocenters. The van der Waals surface area contributed by atoms with Gasteiger partial charge in [-0.15, -0.1) is 0 Å². The van der Waals surface area contributed by atoms with Gasteiger partial charge in [-0.25, -0.2) is 4.79 Å². The van der Waals surface area contributed by atoms with Gasteiger partial charge in [0, 0.05) is 20.5 Å². The lowest BCUT2D eigenvalue weighted by Gasteiger charge is -2.09. The quantitative estimate of drug-likeness (QED) is 0.212. The van der Waals surface area contributed by atoms with E-state index in [1.807, 2.05) is 48.5 Å². The summed E-state index contributed by atoms with van der Waals surface area (Å²) in [6.45, 7) is 0.285. The Balaban J connectivity index is 1.68. The number of hydrogen-bond donors (Lipinski definition) is 0. The maximum Gasteiger partial charge on any atom is 0.339 e. The molecule has 0 bridgehead atoms. The predicted octanol–water partition coefficient (Wildman–Crippen LogP) is 7.01. The van der Waals surface area contributed by atoms with Crippen molar-refractivity contribution in [1.82, 2.24) is 0 Å². The Labute approximate surface area is 197 Å². The number of halogens is 3. The molecule has 0 N–H and O–H groups in total. The van der Waals surface area contributed by atoms with Crippen LogP contribution in [-0.2, 0) is 11.3 Å². The van der Waals surface area contributed by atoms with Crippen LogP contribution in [0.15, 0.2) is 76.5 Å². The highest BCUT2D eigenvalue weighted by atomic mass is 127. The maximum absolute atomic E-state index is 12.4. The topological polar surface area (TPSA) is 26.3 Å². The lowest BCUT2D eigenvalue weighted by atomic mass is 10.2. The monoisotopic (exact) mass is 698 g/mol. The third kappa shape index (κ3) is 5.59. The molecule has 0 aromatic heterocycles. The van der Waals surface area contributed by atoms with Crippen LogP contribution in [0.25, 0.3) is 0 Å². The summed E-state index contributed by atoms with van der Waals surface area (Å²) in [6.07, 6.45) is 0. The molecule has 0 fully saturated rings. The minimum Gasteiger partial charge on any atom is -0.457 e. The fraction of sp³-hybridized carbons (Fsp3) is 0.0500. The van der Waals surface area contributed by atoms with Crippen molar-refractivity contribution >= 4 is 85.5 Å². The second-order valence-corrected chi connectivity index (χ2v) is 10.0. The summed E-state index contributed by atoms with van der Waals surface area (Å²) in [5, 5.41) is 0. The number of esters is 1. The number of carbonyl (C=O) groups excluding carboxylic acids is 1. The molecule has 0 heterocycles. The zero-order valence-electron chi connectivity index (χ0n) is 13.4. The van der Waals surface area contributed by atoms with Gasteiger partial charge in [-0.3, -0.25) is 0 Å². The van der Waals surface area contributed by atoms with Gasteiger partial charge in [0.25, 0.3) is 0 Å². The van der Waals surface area contributed by atoms with E-state index in [9.17, 15) is 4.79 Å². The highest BCUT2D eigenvalue weighted by Gasteiger charge is 2.13. The third-order valence-electron chi connectivity index (χ3n) is 3.50. The molecule has 6 heteroatoms. The van der Waals surface area contributed by atoms with Gasteiger partial charge in [0.05, 0.1) is 5.56 Å². The molecule has 2 nitrogen and oxygen atoms in total. The molecular weight excluding hydrogens is 685 g/mol. The van der Waals surface area contributed by atoms with Crippen molar-refractivity contribution in [2.24, 2.45) is 0 Å². The molecule has 0 aliphatic heterocycles. The largest absolute Gasteiger partial charge is 0.457 e. The Morgan fingerprint density at radius 2 is 1.46 bits per heavy atom. The smallest absolute Gasteiger partial charge is 0.339 e. The average molecular weight is 698 g/mol. The van der Waals surface area contributed by atoms with Gasteiger partial charge >= 0.3 is 5.97 Å². The Bertz CT molecular complexity index is 930. The fourth-order valence-electron chi connectivity index (χ4n) is 2.20. The van der Waals surface area contributed by atoms with Gasteiger partial charge in [0.1, 0.15) is 6.61 Å². The number of rotatable bonds is 5. The zero-order chi connectivity index (χ0) is 18.5. The van der Waals surface area contributed by atoms with Gasteiger partial charge in [-0.2, -0.15) is 0 Å². The average Bonchev–Trinajstić information content (AvgIpc) is 2.64. The van der Waals surface area contributed by atoms with Crippen molar-refractivity contribution in [2.45, 2.75) is 16.4 Å². The molecule has 3 aromatic carbocycles. The van der Waals surface area contributed by atoms with Crippen LogP contribution in [0, 0.1) is 10.7 Å². The van der Waals surface area contributed by atoms with Crippen LogP contribution >= 0.6 is 79.5 Å². The number of benzene rings is 3. The van der Waals surface area contributed by atoms with Gasteiger partial charge in [0.2, 0.25) is 0 Å². The van der Waals surface area contributed by atoms with Crippen LogP contribution in [0.1, 0.15) is 15.9 Å². The molecule has 0 amide bonds. The standard InChI is InChI=1S/C20H13I3O2S/c21-17-9-7-15(11-19(17)23)26-14-6-8-16(18(22)10-14)20(24)25-12-13-4-2-1-3-5-13/h1-11H,12H2. The summed E-state index contributed by atoms with van der Waals surface area (Å²) < 4.78 is 8.81. The molecule has 26 heavy (non-hydrogen) atoms. The van der Waals surface area contributed by atoms with E-state index in [-0.39, 0.29) is 12.6 Å². The highest BCUT2D eigenvalue weighted by Crippen LogP contribution is 2.32. The minimum absolute atomic E-state index is 0.285. The van der Waals surface area contributed by atoms with Gasteiger partial charge in [-0.05, 0) is 110 Å². The van der Waals surface area contributed by atoms with Gasteiger partial charge in [-0.1, -0.05) is 42.1 Å². The Morgan fingerprint density at radius 3 is 2.12 bits per heavy atom. The molecule has 0 aliphatic carbocycles. The summed E-state index contributed by atoms with van der Waals surface area (Å²) >= 11 is 8.56. The van der Waals surface area contributed by atoms with Crippen LogP contribution in [0.3, 0.4) is 0 Å². The predicted molar refractivity (Wildman–Crippen MR) is 131 cm³/mol. The van der Waals surface area contributed by atoms with Crippen molar-refractivity contribution in [2.75, 3.05) is 0 Å². The first-order chi connectivity index (χ1) is 12.5.